The van der Waals surface area contributed by atoms with Crippen LogP contribution in [0.15, 0.2) is 4.34 Å². The van der Waals surface area contributed by atoms with Crippen LogP contribution in [-0.2, 0) is 4.74 Å². The molecule has 1 rings (SSSR count). The van der Waals surface area contributed by atoms with Crippen molar-refractivity contribution in [3.05, 3.63) is 0 Å². The fourth-order valence-corrected chi connectivity index (χ4v) is 2.57. The molecule has 15 heavy (non-hydrogen) atoms. The Morgan fingerprint density at radius 1 is 1.67 bits per heavy atom. The lowest BCUT2D eigenvalue weighted by atomic mass is 10.5. The Labute approximate surface area is 96.8 Å². The van der Waals surface area contributed by atoms with Gasteiger partial charge in [0.1, 0.15) is 0 Å². The van der Waals surface area contributed by atoms with Crippen LogP contribution in [0.3, 0.4) is 0 Å². The molecule has 1 heterocycles. The molecule has 0 aliphatic rings. The molecule has 0 aliphatic heterocycles. The summed E-state index contributed by atoms with van der Waals surface area (Å²) in [5.41, 5.74) is 0. The van der Waals surface area contributed by atoms with Crippen molar-refractivity contribution in [2.24, 2.45) is 0 Å². The van der Waals surface area contributed by atoms with E-state index in [1.807, 2.05) is 6.92 Å². The molecule has 0 saturated carbocycles. The summed E-state index contributed by atoms with van der Waals surface area (Å²) < 4.78 is 5.71. The normalized spacial score (nSPS) is 12.1. The van der Waals surface area contributed by atoms with Crippen molar-refractivity contribution < 1.29 is 4.74 Å². The van der Waals surface area contributed by atoms with E-state index in [0.29, 0.717) is 13.2 Å². The van der Waals surface area contributed by atoms with E-state index in [-0.39, 0.29) is 5.25 Å². The Bertz CT molecular complexity index is 336. The summed E-state index contributed by atoms with van der Waals surface area (Å²) in [5, 5.41) is 20.3. The van der Waals surface area contributed by atoms with Gasteiger partial charge in [-0.2, -0.15) is 5.26 Å². The van der Waals surface area contributed by atoms with E-state index in [9.17, 15) is 0 Å². The van der Waals surface area contributed by atoms with Crippen LogP contribution in [0.4, 0.5) is 5.13 Å². The highest BCUT2D eigenvalue weighted by atomic mass is 32.2. The van der Waals surface area contributed by atoms with Crippen LogP contribution in [-0.4, -0.2) is 35.7 Å². The van der Waals surface area contributed by atoms with Crippen LogP contribution in [0, 0.1) is 11.3 Å². The molecule has 0 aromatic carbocycles. The topological polar surface area (TPSA) is 70.8 Å². The number of ether oxygens (including phenoxy) is 1. The number of aromatic nitrogens is 2. The Morgan fingerprint density at radius 3 is 3.13 bits per heavy atom. The third-order valence-corrected chi connectivity index (χ3v) is 3.40. The predicted octanol–water partition coefficient (Wildman–Crippen LogP) is 1.60. The zero-order valence-corrected chi connectivity index (χ0v) is 10.2. The van der Waals surface area contributed by atoms with Crippen LogP contribution in [0.2, 0.25) is 0 Å². The van der Waals surface area contributed by atoms with Gasteiger partial charge in [-0.25, -0.2) is 0 Å². The molecule has 1 aromatic rings. The van der Waals surface area contributed by atoms with Gasteiger partial charge in [0.15, 0.2) is 4.34 Å². The highest BCUT2D eigenvalue weighted by Gasteiger charge is 2.08. The van der Waals surface area contributed by atoms with E-state index >= 15 is 0 Å². The minimum atomic E-state index is -0.0928. The Hall–Kier alpha value is -0.840. The maximum atomic E-state index is 8.63. The highest BCUT2D eigenvalue weighted by Crippen LogP contribution is 2.28. The quantitative estimate of drug-likeness (QED) is 0.605. The third kappa shape index (κ3) is 4.46. The third-order valence-electron chi connectivity index (χ3n) is 1.45. The number of nitriles is 1. The number of methoxy groups -OCH3 is 1. The molecule has 0 amide bonds. The predicted molar refractivity (Wildman–Crippen MR) is 61.2 cm³/mol. The van der Waals surface area contributed by atoms with E-state index in [4.69, 9.17) is 10.00 Å². The summed E-state index contributed by atoms with van der Waals surface area (Å²) in [6.07, 6.45) is 0. The van der Waals surface area contributed by atoms with Crippen LogP contribution in [0.25, 0.3) is 0 Å². The molecule has 0 spiro atoms. The molecule has 0 saturated heterocycles. The smallest absolute Gasteiger partial charge is 0.206 e. The van der Waals surface area contributed by atoms with Crippen molar-refractivity contribution in [3.63, 3.8) is 0 Å². The molecular weight excluding hydrogens is 232 g/mol. The fourth-order valence-electron chi connectivity index (χ4n) is 0.766. The number of anilines is 1. The van der Waals surface area contributed by atoms with E-state index in [0.717, 1.165) is 9.47 Å². The van der Waals surface area contributed by atoms with Gasteiger partial charge in [0, 0.05) is 13.7 Å². The first kappa shape index (κ1) is 12.2. The van der Waals surface area contributed by atoms with Gasteiger partial charge in [-0.05, 0) is 6.92 Å². The number of hydrogen-bond donors (Lipinski definition) is 1. The Kier molecular flexibility index (Phi) is 5.39. The number of hydrogen-bond acceptors (Lipinski definition) is 7. The molecule has 1 atom stereocenters. The average Bonchev–Trinajstić information content (AvgIpc) is 2.66. The maximum absolute atomic E-state index is 8.63. The standard InChI is InChI=1S/C8H12N4OS2/c1-6(5-9)14-8-12-11-7(15-8)10-3-4-13-2/h6H,3-4H2,1-2H3,(H,10,11)/t6-/m1/s1. The molecule has 7 heteroatoms. The van der Waals surface area contributed by atoms with Crippen LogP contribution < -0.4 is 5.32 Å². The molecular formula is C8H12N4OS2. The van der Waals surface area contributed by atoms with Gasteiger partial charge in [-0.1, -0.05) is 23.1 Å². The molecule has 82 valence electrons. The van der Waals surface area contributed by atoms with Gasteiger partial charge in [0.05, 0.1) is 17.9 Å². The minimum Gasteiger partial charge on any atom is -0.383 e. The second kappa shape index (κ2) is 6.61. The summed E-state index contributed by atoms with van der Waals surface area (Å²) in [7, 11) is 1.65. The van der Waals surface area contributed by atoms with E-state index in [1.165, 1.54) is 23.1 Å². The zero-order chi connectivity index (χ0) is 11.1. The van der Waals surface area contributed by atoms with Gasteiger partial charge in [0.2, 0.25) is 5.13 Å². The Morgan fingerprint density at radius 2 is 2.47 bits per heavy atom. The lowest BCUT2D eigenvalue weighted by Crippen LogP contribution is -2.06. The molecule has 1 N–H and O–H groups in total. The molecule has 0 fully saturated rings. The first-order chi connectivity index (χ1) is 7.26. The summed E-state index contributed by atoms with van der Waals surface area (Å²) >= 11 is 2.87. The second-order valence-corrected chi connectivity index (χ2v) is 5.25. The van der Waals surface area contributed by atoms with E-state index in [1.54, 1.807) is 7.11 Å². The SMILES string of the molecule is COCCNc1nnc(S[C@H](C)C#N)s1. The maximum Gasteiger partial charge on any atom is 0.206 e. The average molecular weight is 244 g/mol. The van der Waals surface area contributed by atoms with Crippen molar-refractivity contribution in [2.45, 2.75) is 16.5 Å². The molecule has 0 radical (unpaired) electrons. The van der Waals surface area contributed by atoms with Crippen molar-refractivity contribution in [1.82, 2.24) is 10.2 Å². The molecule has 0 bridgehead atoms. The van der Waals surface area contributed by atoms with Gasteiger partial charge in [0.25, 0.3) is 0 Å². The van der Waals surface area contributed by atoms with Crippen LogP contribution >= 0.6 is 23.1 Å². The van der Waals surface area contributed by atoms with Crippen molar-refractivity contribution in [1.29, 1.82) is 5.26 Å². The summed E-state index contributed by atoms with van der Waals surface area (Å²) in [4.78, 5) is 0. The molecule has 0 unspecified atom stereocenters. The first-order valence-corrected chi connectivity index (χ1v) is 6.08. The lowest BCUT2D eigenvalue weighted by Gasteiger charge is -1.98. The van der Waals surface area contributed by atoms with Gasteiger partial charge in [-0.15, -0.1) is 10.2 Å². The zero-order valence-electron chi connectivity index (χ0n) is 8.56. The largest absolute Gasteiger partial charge is 0.383 e. The molecule has 0 aliphatic carbocycles. The van der Waals surface area contributed by atoms with Gasteiger partial charge < -0.3 is 10.1 Å². The highest BCUT2D eigenvalue weighted by molar-refractivity contribution is 8.01. The monoisotopic (exact) mass is 244 g/mol. The molecule has 1 aromatic heterocycles. The molecule has 5 nitrogen and oxygen atoms in total. The summed E-state index contributed by atoms with van der Waals surface area (Å²) in [6.45, 7) is 3.18. The summed E-state index contributed by atoms with van der Waals surface area (Å²) in [6, 6.07) is 2.14. The minimum absolute atomic E-state index is 0.0928. The van der Waals surface area contributed by atoms with E-state index in [2.05, 4.69) is 21.6 Å². The Balaban J connectivity index is 2.39. The van der Waals surface area contributed by atoms with Crippen LogP contribution in [0.1, 0.15) is 6.92 Å². The van der Waals surface area contributed by atoms with E-state index < -0.39 is 0 Å². The van der Waals surface area contributed by atoms with Crippen LogP contribution in [0.5, 0.6) is 0 Å². The van der Waals surface area contributed by atoms with Gasteiger partial charge in [-0.3, -0.25) is 0 Å². The number of nitrogens with one attached hydrogen (secondary N) is 1. The number of nitrogens with zero attached hydrogens (tertiary/aromatic N) is 3. The first-order valence-electron chi connectivity index (χ1n) is 4.39. The fraction of sp³-hybridized carbons (Fsp3) is 0.625. The van der Waals surface area contributed by atoms with Crippen molar-refractivity contribution in [2.75, 3.05) is 25.6 Å². The number of thioether (sulfide) groups is 1. The van der Waals surface area contributed by atoms with Crippen molar-refractivity contribution >= 4 is 28.2 Å². The summed E-state index contributed by atoms with van der Waals surface area (Å²) in [5.74, 6) is 0. The second-order valence-electron chi connectivity index (χ2n) is 2.68. The lowest BCUT2D eigenvalue weighted by molar-refractivity contribution is 0.211. The van der Waals surface area contributed by atoms with Crippen molar-refractivity contribution in [3.8, 4) is 6.07 Å². The van der Waals surface area contributed by atoms with Gasteiger partial charge >= 0.3 is 0 Å². The number of rotatable bonds is 6.